The van der Waals surface area contributed by atoms with E-state index in [9.17, 15) is 13.2 Å². The molecule has 1 atom stereocenters. The predicted molar refractivity (Wildman–Crippen MR) is 102 cm³/mol. The number of benzene rings is 2. The number of amides is 1. The van der Waals surface area contributed by atoms with Gasteiger partial charge in [0.15, 0.2) is 6.61 Å². The molecule has 142 valence electrons. The molecule has 2 N–H and O–H groups in total. The maximum atomic E-state index is 12.8. The fourth-order valence-corrected chi connectivity index (χ4v) is 4.90. The Kier molecular flexibility index (Phi) is 4.65. The van der Waals surface area contributed by atoms with Gasteiger partial charge in [-0.3, -0.25) is 4.79 Å². The fraction of sp³-hybridized carbons (Fsp3) is 0.350. The highest BCUT2D eigenvalue weighted by Gasteiger charge is 2.22. The standard InChI is InChI=1S/C20H22N2O4S/c1-13(15-7-9-19-18(11-15)21-20(23)12-26-19)22-27(24,25)17-8-6-14-4-2-3-5-16(14)10-17/h6-11,13,22H,2-5,12H2,1H3,(H,21,23). The van der Waals surface area contributed by atoms with Crippen LogP contribution in [0, 0.1) is 0 Å². The van der Waals surface area contributed by atoms with Crippen molar-refractivity contribution in [1.82, 2.24) is 4.72 Å². The molecule has 1 unspecified atom stereocenters. The van der Waals surface area contributed by atoms with Crippen molar-refractivity contribution in [2.45, 2.75) is 43.5 Å². The van der Waals surface area contributed by atoms with Crippen LogP contribution in [-0.2, 0) is 27.7 Å². The van der Waals surface area contributed by atoms with Gasteiger partial charge in [0, 0.05) is 6.04 Å². The third-order valence-electron chi connectivity index (χ3n) is 5.10. The Labute approximate surface area is 159 Å². The van der Waals surface area contributed by atoms with Crippen molar-refractivity contribution in [3.63, 3.8) is 0 Å². The molecule has 0 radical (unpaired) electrons. The SMILES string of the molecule is CC(NS(=O)(=O)c1ccc2c(c1)CCCC2)c1ccc2c(c1)NC(=O)CO2. The van der Waals surface area contributed by atoms with Crippen LogP contribution in [0.1, 0.15) is 42.5 Å². The van der Waals surface area contributed by atoms with Crippen LogP contribution in [-0.4, -0.2) is 20.9 Å². The second kappa shape index (κ2) is 6.98. The number of sulfonamides is 1. The number of anilines is 1. The topological polar surface area (TPSA) is 84.5 Å². The molecule has 4 rings (SSSR count). The molecule has 0 spiro atoms. The first-order valence-corrected chi connectivity index (χ1v) is 10.6. The summed E-state index contributed by atoms with van der Waals surface area (Å²) in [4.78, 5) is 11.8. The summed E-state index contributed by atoms with van der Waals surface area (Å²) in [5.74, 6) is 0.366. The smallest absolute Gasteiger partial charge is 0.262 e. The van der Waals surface area contributed by atoms with E-state index in [1.807, 2.05) is 6.07 Å². The lowest BCUT2D eigenvalue weighted by Gasteiger charge is -2.21. The van der Waals surface area contributed by atoms with E-state index in [1.165, 1.54) is 5.56 Å². The molecule has 1 amide bonds. The van der Waals surface area contributed by atoms with E-state index in [1.54, 1.807) is 37.3 Å². The van der Waals surface area contributed by atoms with Crippen molar-refractivity contribution < 1.29 is 17.9 Å². The van der Waals surface area contributed by atoms with Crippen LogP contribution in [0.5, 0.6) is 5.75 Å². The minimum Gasteiger partial charge on any atom is -0.482 e. The second-order valence-electron chi connectivity index (χ2n) is 7.07. The van der Waals surface area contributed by atoms with E-state index in [0.717, 1.165) is 36.8 Å². The maximum absolute atomic E-state index is 12.8. The molecule has 0 saturated carbocycles. The van der Waals surface area contributed by atoms with Crippen LogP contribution in [0.15, 0.2) is 41.3 Å². The van der Waals surface area contributed by atoms with Crippen molar-refractivity contribution in [3.05, 3.63) is 53.1 Å². The van der Waals surface area contributed by atoms with Gasteiger partial charge in [0.2, 0.25) is 10.0 Å². The molecule has 0 aromatic heterocycles. The molecular formula is C20H22N2O4S. The van der Waals surface area contributed by atoms with E-state index in [2.05, 4.69) is 10.0 Å². The number of carbonyl (C=O) groups is 1. The Balaban J connectivity index is 1.56. The second-order valence-corrected chi connectivity index (χ2v) is 8.79. The summed E-state index contributed by atoms with van der Waals surface area (Å²) in [5.41, 5.74) is 3.69. The molecule has 0 fully saturated rings. The first kappa shape index (κ1) is 18.0. The zero-order valence-corrected chi connectivity index (χ0v) is 15.9. The number of carbonyl (C=O) groups excluding carboxylic acids is 1. The van der Waals surface area contributed by atoms with E-state index in [4.69, 9.17) is 4.74 Å². The summed E-state index contributed by atoms with van der Waals surface area (Å²) < 4.78 is 33.7. The third-order valence-corrected chi connectivity index (χ3v) is 6.64. The molecule has 1 aliphatic heterocycles. The highest BCUT2D eigenvalue weighted by molar-refractivity contribution is 7.89. The fourth-order valence-electron chi connectivity index (χ4n) is 3.62. The van der Waals surface area contributed by atoms with E-state index >= 15 is 0 Å². The molecule has 27 heavy (non-hydrogen) atoms. The Morgan fingerprint density at radius 2 is 1.85 bits per heavy atom. The average Bonchev–Trinajstić information content (AvgIpc) is 2.66. The number of fused-ring (bicyclic) bond motifs is 2. The minimum atomic E-state index is -3.64. The summed E-state index contributed by atoms with van der Waals surface area (Å²) in [7, 11) is -3.64. The van der Waals surface area contributed by atoms with Gasteiger partial charge in [-0.1, -0.05) is 12.1 Å². The summed E-state index contributed by atoms with van der Waals surface area (Å²) in [5, 5.41) is 2.74. The number of rotatable bonds is 4. The third kappa shape index (κ3) is 3.70. The van der Waals surface area contributed by atoms with Gasteiger partial charge in [-0.05, 0) is 73.6 Å². The monoisotopic (exact) mass is 386 g/mol. The molecule has 1 heterocycles. The zero-order valence-electron chi connectivity index (χ0n) is 15.1. The van der Waals surface area contributed by atoms with Gasteiger partial charge in [-0.2, -0.15) is 0 Å². The zero-order chi connectivity index (χ0) is 19.0. The first-order chi connectivity index (χ1) is 12.9. The lowest BCUT2D eigenvalue weighted by Crippen LogP contribution is -2.28. The van der Waals surface area contributed by atoms with Crippen molar-refractivity contribution in [2.75, 3.05) is 11.9 Å². The van der Waals surface area contributed by atoms with Crippen LogP contribution in [0.3, 0.4) is 0 Å². The molecule has 0 saturated heterocycles. The molecule has 2 aromatic carbocycles. The average molecular weight is 386 g/mol. The summed E-state index contributed by atoms with van der Waals surface area (Å²) >= 11 is 0. The Hall–Kier alpha value is -2.38. The first-order valence-electron chi connectivity index (χ1n) is 9.13. The van der Waals surface area contributed by atoms with Gasteiger partial charge in [0.1, 0.15) is 5.75 Å². The largest absolute Gasteiger partial charge is 0.482 e. The predicted octanol–water partition coefficient (Wildman–Crippen LogP) is 2.94. The number of hydrogen-bond donors (Lipinski definition) is 2. The summed E-state index contributed by atoms with van der Waals surface area (Å²) in [6.07, 6.45) is 4.21. The van der Waals surface area contributed by atoms with E-state index in [0.29, 0.717) is 16.3 Å². The van der Waals surface area contributed by atoms with Gasteiger partial charge >= 0.3 is 0 Å². The van der Waals surface area contributed by atoms with E-state index in [-0.39, 0.29) is 12.5 Å². The van der Waals surface area contributed by atoms with Crippen LogP contribution in [0.4, 0.5) is 5.69 Å². The molecule has 2 aliphatic rings. The van der Waals surface area contributed by atoms with Crippen LogP contribution in [0.2, 0.25) is 0 Å². The van der Waals surface area contributed by atoms with Gasteiger partial charge in [-0.25, -0.2) is 13.1 Å². The molecule has 6 nitrogen and oxygen atoms in total. The number of ether oxygens (including phenoxy) is 1. The molecule has 1 aliphatic carbocycles. The van der Waals surface area contributed by atoms with Gasteiger partial charge in [-0.15, -0.1) is 0 Å². The van der Waals surface area contributed by atoms with Crippen molar-refractivity contribution >= 4 is 21.6 Å². The Morgan fingerprint density at radius 3 is 2.67 bits per heavy atom. The molecule has 0 bridgehead atoms. The van der Waals surface area contributed by atoms with Crippen molar-refractivity contribution in [2.24, 2.45) is 0 Å². The summed E-state index contributed by atoms with van der Waals surface area (Å²) in [6, 6.07) is 10.2. The van der Waals surface area contributed by atoms with Crippen LogP contribution >= 0.6 is 0 Å². The summed E-state index contributed by atoms with van der Waals surface area (Å²) in [6.45, 7) is 1.77. The molecular weight excluding hydrogens is 364 g/mol. The lowest BCUT2D eigenvalue weighted by atomic mass is 9.92. The quantitative estimate of drug-likeness (QED) is 0.846. The van der Waals surface area contributed by atoms with Crippen molar-refractivity contribution in [3.8, 4) is 5.75 Å². The van der Waals surface area contributed by atoms with Gasteiger partial charge < -0.3 is 10.1 Å². The van der Waals surface area contributed by atoms with Gasteiger partial charge in [0.25, 0.3) is 5.91 Å². The highest BCUT2D eigenvalue weighted by atomic mass is 32.2. The Bertz CT molecular complexity index is 1000. The minimum absolute atomic E-state index is 0.00709. The number of aryl methyl sites for hydroxylation is 2. The number of hydrogen-bond acceptors (Lipinski definition) is 4. The Morgan fingerprint density at radius 1 is 1.07 bits per heavy atom. The van der Waals surface area contributed by atoms with Crippen molar-refractivity contribution in [1.29, 1.82) is 0 Å². The van der Waals surface area contributed by atoms with Gasteiger partial charge in [0.05, 0.1) is 10.6 Å². The molecule has 2 aromatic rings. The lowest BCUT2D eigenvalue weighted by molar-refractivity contribution is -0.118. The van der Waals surface area contributed by atoms with E-state index < -0.39 is 16.1 Å². The normalized spacial score (nSPS) is 17.3. The maximum Gasteiger partial charge on any atom is 0.262 e. The molecule has 7 heteroatoms. The highest BCUT2D eigenvalue weighted by Crippen LogP contribution is 2.31. The van der Waals surface area contributed by atoms with Crippen LogP contribution in [0.25, 0.3) is 0 Å². The van der Waals surface area contributed by atoms with Crippen LogP contribution < -0.4 is 14.8 Å². The number of nitrogens with one attached hydrogen (secondary N) is 2.